The summed E-state index contributed by atoms with van der Waals surface area (Å²) in [5, 5.41) is 2.09. The van der Waals surface area contributed by atoms with Crippen molar-refractivity contribution in [2.45, 2.75) is 6.04 Å². The van der Waals surface area contributed by atoms with E-state index < -0.39 is 0 Å². The molecule has 4 heteroatoms. The van der Waals surface area contributed by atoms with Gasteiger partial charge in [-0.15, -0.1) is 11.3 Å². The third-order valence-electron chi connectivity index (χ3n) is 3.00. The first-order valence-corrected chi connectivity index (χ1v) is 7.11. The number of aliphatic imine (C=N–C) groups is 1. The Kier molecular flexibility index (Phi) is 4.71. The number of likely N-dealkylation sites (N-methyl/N-ethyl adjacent to an activating group) is 1. The largest absolute Gasteiger partial charge is 0.384 e. The second-order valence-electron chi connectivity index (χ2n) is 4.59. The molecule has 1 heterocycles. The Bertz CT molecular complexity index is 518. The molecule has 0 spiro atoms. The van der Waals surface area contributed by atoms with Gasteiger partial charge in [0.25, 0.3) is 0 Å². The molecule has 1 aromatic heterocycles. The number of amidine groups is 1. The number of hydrogen-bond donors (Lipinski definition) is 1. The van der Waals surface area contributed by atoms with Crippen LogP contribution in [0.2, 0.25) is 0 Å². The molecule has 2 aromatic rings. The van der Waals surface area contributed by atoms with E-state index in [4.69, 9.17) is 5.73 Å². The Labute approximate surface area is 118 Å². The fourth-order valence-electron chi connectivity index (χ4n) is 1.87. The molecule has 0 amide bonds. The third kappa shape index (κ3) is 3.66. The number of rotatable bonds is 5. The molecule has 0 aliphatic carbocycles. The SMILES string of the molecule is CN(C)[C@@H](CN=C(N)c1ccccc1)c1cccs1. The maximum absolute atomic E-state index is 6.03. The highest BCUT2D eigenvalue weighted by molar-refractivity contribution is 7.10. The molecule has 2 rings (SSSR count). The van der Waals surface area contributed by atoms with Gasteiger partial charge < -0.3 is 10.6 Å². The number of hydrogen-bond acceptors (Lipinski definition) is 3. The van der Waals surface area contributed by atoms with Crippen LogP contribution < -0.4 is 5.73 Å². The predicted octanol–water partition coefficient (Wildman–Crippen LogP) is 2.76. The van der Waals surface area contributed by atoms with Crippen molar-refractivity contribution in [3.63, 3.8) is 0 Å². The van der Waals surface area contributed by atoms with Gasteiger partial charge in [0, 0.05) is 10.4 Å². The van der Waals surface area contributed by atoms with Gasteiger partial charge >= 0.3 is 0 Å². The standard InChI is InChI=1S/C15H19N3S/c1-18(2)13(14-9-6-10-19-14)11-17-15(16)12-7-4-3-5-8-12/h3-10,13H,11H2,1-2H3,(H2,16,17)/t13-/m0/s1. The van der Waals surface area contributed by atoms with E-state index in [0.717, 1.165) is 5.56 Å². The average Bonchev–Trinajstić information content (AvgIpc) is 2.93. The zero-order valence-corrected chi connectivity index (χ0v) is 12.1. The predicted molar refractivity (Wildman–Crippen MR) is 82.8 cm³/mol. The van der Waals surface area contributed by atoms with Crippen LogP contribution in [0.5, 0.6) is 0 Å². The van der Waals surface area contributed by atoms with Gasteiger partial charge in [-0.05, 0) is 25.5 Å². The molecular weight excluding hydrogens is 254 g/mol. The lowest BCUT2D eigenvalue weighted by Crippen LogP contribution is -2.23. The lowest BCUT2D eigenvalue weighted by atomic mass is 10.2. The summed E-state index contributed by atoms with van der Waals surface area (Å²) < 4.78 is 0. The minimum atomic E-state index is 0.280. The Morgan fingerprint density at radius 1 is 1.21 bits per heavy atom. The van der Waals surface area contributed by atoms with Crippen molar-refractivity contribution in [3.8, 4) is 0 Å². The van der Waals surface area contributed by atoms with Crippen LogP contribution in [-0.2, 0) is 0 Å². The van der Waals surface area contributed by atoms with Crippen molar-refractivity contribution in [2.75, 3.05) is 20.6 Å². The first kappa shape index (κ1) is 13.8. The van der Waals surface area contributed by atoms with Gasteiger partial charge in [0.1, 0.15) is 5.84 Å². The maximum Gasteiger partial charge on any atom is 0.125 e. The zero-order chi connectivity index (χ0) is 13.7. The molecule has 19 heavy (non-hydrogen) atoms. The summed E-state index contributed by atoms with van der Waals surface area (Å²) in [4.78, 5) is 8.02. The maximum atomic E-state index is 6.03. The van der Waals surface area contributed by atoms with Crippen molar-refractivity contribution in [1.29, 1.82) is 0 Å². The van der Waals surface area contributed by atoms with E-state index in [2.05, 4.69) is 41.5 Å². The van der Waals surface area contributed by atoms with Crippen LogP contribution in [0.15, 0.2) is 52.8 Å². The molecule has 1 atom stereocenters. The molecule has 0 bridgehead atoms. The van der Waals surface area contributed by atoms with E-state index in [1.165, 1.54) is 4.88 Å². The minimum Gasteiger partial charge on any atom is -0.384 e. The molecule has 100 valence electrons. The molecule has 0 aliphatic rings. The highest BCUT2D eigenvalue weighted by Crippen LogP contribution is 2.23. The summed E-state index contributed by atoms with van der Waals surface area (Å²) in [5.74, 6) is 0.601. The van der Waals surface area contributed by atoms with E-state index in [1.54, 1.807) is 11.3 Å². The summed E-state index contributed by atoms with van der Waals surface area (Å²) >= 11 is 1.76. The molecule has 1 aromatic carbocycles. The van der Waals surface area contributed by atoms with Crippen LogP contribution in [0.3, 0.4) is 0 Å². The van der Waals surface area contributed by atoms with Crippen LogP contribution in [0.1, 0.15) is 16.5 Å². The zero-order valence-electron chi connectivity index (χ0n) is 11.3. The fourth-order valence-corrected chi connectivity index (χ4v) is 2.79. The minimum absolute atomic E-state index is 0.280. The number of benzene rings is 1. The van der Waals surface area contributed by atoms with E-state index in [0.29, 0.717) is 12.4 Å². The van der Waals surface area contributed by atoms with E-state index in [1.807, 2.05) is 30.3 Å². The molecular formula is C15H19N3S. The van der Waals surface area contributed by atoms with Gasteiger partial charge in [-0.3, -0.25) is 4.99 Å². The molecule has 0 fully saturated rings. The molecule has 0 radical (unpaired) electrons. The Morgan fingerprint density at radius 3 is 2.53 bits per heavy atom. The number of thiophene rings is 1. The summed E-state index contributed by atoms with van der Waals surface area (Å²) in [5.41, 5.74) is 7.01. The number of nitrogens with zero attached hydrogens (tertiary/aromatic N) is 2. The number of nitrogens with two attached hydrogens (primary N) is 1. The Hall–Kier alpha value is -1.65. The van der Waals surface area contributed by atoms with E-state index in [9.17, 15) is 0 Å². The Morgan fingerprint density at radius 2 is 1.95 bits per heavy atom. The molecule has 0 saturated carbocycles. The van der Waals surface area contributed by atoms with Crippen LogP contribution >= 0.6 is 11.3 Å². The average molecular weight is 273 g/mol. The first-order chi connectivity index (χ1) is 9.18. The fraction of sp³-hybridized carbons (Fsp3) is 0.267. The van der Waals surface area contributed by atoms with Crippen LogP contribution in [-0.4, -0.2) is 31.4 Å². The van der Waals surface area contributed by atoms with Crippen molar-refractivity contribution < 1.29 is 0 Å². The third-order valence-corrected chi connectivity index (χ3v) is 3.97. The van der Waals surface area contributed by atoms with Gasteiger partial charge in [0.2, 0.25) is 0 Å². The topological polar surface area (TPSA) is 41.6 Å². The summed E-state index contributed by atoms with van der Waals surface area (Å²) in [6.45, 7) is 0.675. The van der Waals surface area contributed by atoms with Gasteiger partial charge in [-0.2, -0.15) is 0 Å². The van der Waals surface area contributed by atoms with Crippen molar-refractivity contribution in [3.05, 3.63) is 58.3 Å². The van der Waals surface area contributed by atoms with E-state index >= 15 is 0 Å². The highest BCUT2D eigenvalue weighted by Gasteiger charge is 2.14. The summed E-state index contributed by atoms with van der Waals surface area (Å²) in [6, 6.07) is 14.4. The van der Waals surface area contributed by atoms with Gasteiger partial charge in [0.05, 0.1) is 12.6 Å². The molecule has 0 aliphatic heterocycles. The van der Waals surface area contributed by atoms with Gasteiger partial charge in [0.15, 0.2) is 0 Å². The first-order valence-electron chi connectivity index (χ1n) is 6.23. The van der Waals surface area contributed by atoms with Gasteiger partial charge in [-0.1, -0.05) is 36.4 Å². The molecule has 2 N–H and O–H groups in total. The van der Waals surface area contributed by atoms with Crippen molar-refractivity contribution in [1.82, 2.24) is 4.90 Å². The molecule has 0 saturated heterocycles. The quantitative estimate of drug-likeness (QED) is 0.672. The van der Waals surface area contributed by atoms with E-state index in [-0.39, 0.29) is 6.04 Å². The van der Waals surface area contributed by atoms with Crippen molar-refractivity contribution in [2.24, 2.45) is 10.7 Å². The summed E-state index contributed by atoms with van der Waals surface area (Å²) in [7, 11) is 4.14. The van der Waals surface area contributed by atoms with Gasteiger partial charge in [-0.25, -0.2) is 0 Å². The highest BCUT2D eigenvalue weighted by atomic mass is 32.1. The normalized spacial score (nSPS) is 13.7. The lowest BCUT2D eigenvalue weighted by molar-refractivity contribution is 0.311. The Balaban J connectivity index is 2.11. The molecule has 3 nitrogen and oxygen atoms in total. The second-order valence-corrected chi connectivity index (χ2v) is 5.57. The smallest absolute Gasteiger partial charge is 0.125 e. The lowest BCUT2D eigenvalue weighted by Gasteiger charge is -2.21. The van der Waals surface area contributed by atoms with Crippen LogP contribution in [0.4, 0.5) is 0 Å². The van der Waals surface area contributed by atoms with Crippen LogP contribution in [0, 0.1) is 0 Å². The molecule has 0 unspecified atom stereocenters. The second kappa shape index (κ2) is 6.50. The van der Waals surface area contributed by atoms with Crippen molar-refractivity contribution >= 4 is 17.2 Å². The monoisotopic (exact) mass is 273 g/mol. The van der Waals surface area contributed by atoms with Crippen LogP contribution in [0.25, 0.3) is 0 Å². The summed E-state index contributed by atoms with van der Waals surface area (Å²) in [6.07, 6.45) is 0.